The highest BCUT2D eigenvalue weighted by Gasteiger charge is 2.25. The van der Waals surface area contributed by atoms with Crippen LogP contribution in [0, 0.1) is 11.6 Å². The van der Waals surface area contributed by atoms with Gasteiger partial charge in [0.1, 0.15) is 0 Å². The topological polar surface area (TPSA) is 73.1 Å². The quantitative estimate of drug-likeness (QED) is 0.787. The average molecular weight is 244 g/mol. The van der Waals surface area contributed by atoms with Gasteiger partial charge in [-0.1, -0.05) is 0 Å². The van der Waals surface area contributed by atoms with E-state index in [2.05, 4.69) is 10.1 Å². The Morgan fingerprint density at radius 2 is 1.80 bits per heavy atom. The molecule has 0 radical (unpaired) electrons. The first-order valence-electron chi connectivity index (χ1n) is 3.40. The summed E-state index contributed by atoms with van der Waals surface area (Å²) in [5.74, 6) is -3.97. The number of nitrogens with two attached hydrogens (primary N) is 1. The largest absolute Gasteiger partial charge is 0.268 e. The van der Waals surface area contributed by atoms with Gasteiger partial charge in [0.2, 0.25) is 5.03 Å². The zero-order valence-electron chi connectivity index (χ0n) is 6.92. The number of aromatic nitrogens is 1. The van der Waals surface area contributed by atoms with Crippen LogP contribution in [0.1, 0.15) is 12.0 Å². The van der Waals surface area contributed by atoms with Crippen molar-refractivity contribution in [3.8, 4) is 0 Å². The molecule has 0 amide bonds. The third kappa shape index (κ3) is 2.23. The van der Waals surface area contributed by atoms with Crippen LogP contribution in [-0.2, 0) is 10.0 Å². The second-order valence-corrected chi connectivity index (χ2v) is 3.97. The molecule has 4 nitrogen and oxygen atoms in total. The van der Waals surface area contributed by atoms with Gasteiger partial charge in [-0.15, -0.1) is 0 Å². The lowest BCUT2D eigenvalue weighted by Crippen LogP contribution is -2.17. The van der Waals surface area contributed by atoms with Crippen molar-refractivity contribution < 1.29 is 26.0 Å². The second kappa shape index (κ2) is 3.74. The van der Waals surface area contributed by atoms with Crippen LogP contribution in [0.4, 0.5) is 17.6 Å². The summed E-state index contributed by atoms with van der Waals surface area (Å²) in [6.45, 7) is 0. The maximum Gasteiger partial charge on any atom is 0.268 e. The first-order chi connectivity index (χ1) is 6.75. The van der Waals surface area contributed by atoms with Crippen LogP contribution < -0.4 is 5.14 Å². The highest BCUT2D eigenvalue weighted by atomic mass is 32.2. The molecule has 1 aromatic rings. The summed E-state index contributed by atoms with van der Waals surface area (Å²) < 4.78 is 71.0. The number of nitrogens with zero attached hydrogens (tertiary/aromatic N) is 1. The molecule has 84 valence electrons. The van der Waals surface area contributed by atoms with Crippen molar-refractivity contribution in [2.75, 3.05) is 0 Å². The number of sulfonamides is 1. The highest BCUT2D eigenvalue weighted by molar-refractivity contribution is 7.89. The van der Waals surface area contributed by atoms with Crippen LogP contribution in [-0.4, -0.2) is 13.4 Å². The van der Waals surface area contributed by atoms with Crippen LogP contribution in [0.5, 0.6) is 0 Å². The number of primary sulfonamides is 1. The van der Waals surface area contributed by atoms with E-state index in [9.17, 15) is 26.0 Å². The van der Waals surface area contributed by atoms with Crippen LogP contribution in [0.3, 0.4) is 0 Å². The van der Waals surface area contributed by atoms with Gasteiger partial charge in [0.15, 0.2) is 11.6 Å². The lowest BCUT2D eigenvalue weighted by Gasteiger charge is -2.04. The molecule has 0 aliphatic heterocycles. The minimum Gasteiger partial charge on any atom is -0.240 e. The van der Waals surface area contributed by atoms with Gasteiger partial charge in [-0.2, -0.15) is 0 Å². The number of alkyl halides is 2. The van der Waals surface area contributed by atoms with Gasteiger partial charge in [0.05, 0.1) is 5.56 Å². The Labute approximate surface area is 81.8 Å². The van der Waals surface area contributed by atoms with Crippen molar-refractivity contribution in [3.63, 3.8) is 0 Å². The maximum atomic E-state index is 12.9. The second-order valence-electron chi connectivity index (χ2n) is 2.49. The SMILES string of the molecule is NS(=O)(=O)c1ncc(C(F)F)c(F)c1F. The molecule has 1 heterocycles. The van der Waals surface area contributed by atoms with Gasteiger partial charge in [-0.05, 0) is 0 Å². The fourth-order valence-corrected chi connectivity index (χ4v) is 1.35. The molecule has 9 heteroatoms. The number of hydrogen-bond donors (Lipinski definition) is 1. The van der Waals surface area contributed by atoms with E-state index in [1.165, 1.54) is 0 Å². The summed E-state index contributed by atoms with van der Waals surface area (Å²) in [4.78, 5) is 2.82. The lowest BCUT2D eigenvalue weighted by molar-refractivity contribution is 0.144. The summed E-state index contributed by atoms with van der Waals surface area (Å²) in [6, 6.07) is 0. The van der Waals surface area contributed by atoms with Gasteiger partial charge < -0.3 is 0 Å². The Kier molecular flexibility index (Phi) is 2.95. The Morgan fingerprint density at radius 1 is 1.27 bits per heavy atom. The average Bonchev–Trinajstić information content (AvgIpc) is 2.06. The molecule has 0 aromatic carbocycles. The minimum atomic E-state index is -4.57. The molecule has 0 spiro atoms. The molecule has 1 rings (SSSR count). The molecule has 0 aliphatic carbocycles. The molecule has 0 unspecified atom stereocenters. The molecule has 0 saturated heterocycles. The van der Waals surface area contributed by atoms with E-state index in [4.69, 9.17) is 0 Å². The molecule has 0 fully saturated rings. The van der Waals surface area contributed by atoms with Crippen molar-refractivity contribution in [1.29, 1.82) is 0 Å². The number of halogens is 4. The van der Waals surface area contributed by atoms with Gasteiger partial charge in [-0.3, -0.25) is 0 Å². The van der Waals surface area contributed by atoms with E-state index in [1.807, 2.05) is 0 Å². The van der Waals surface area contributed by atoms with E-state index in [0.717, 1.165) is 0 Å². The van der Waals surface area contributed by atoms with Crippen molar-refractivity contribution in [1.82, 2.24) is 4.98 Å². The molecule has 0 aliphatic rings. The lowest BCUT2D eigenvalue weighted by atomic mass is 10.3. The van der Waals surface area contributed by atoms with E-state index in [-0.39, 0.29) is 6.20 Å². The summed E-state index contributed by atoms with van der Waals surface area (Å²) in [5.41, 5.74) is -1.32. The molecular formula is C6H4F4N2O2S. The van der Waals surface area contributed by atoms with Gasteiger partial charge in [0.25, 0.3) is 16.4 Å². The first-order valence-corrected chi connectivity index (χ1v) is 4.94. The number of rotatable bonds is 2. The summed E-state index contributed by atoms with van der Waals surface area (Å²) in [7, 11) is -4.57. The third-order valence-corrected chi connectivity index (χ3v) is 2.28. The van der Waals surface area contributed by atoms with Crippen LogP contribution >= 0.6 is 0 Å². The third-order valence-electron chi connectivity index (χ3n) is 1.46. The van der Waals surface area contributed by atoms with E-state index >= 15 is 0 Å². The van der Waals surface area contributed by atoms with Crippen molar-refractivity contribution >= 4 is 10.0 Å². The molecule has 0 atom stereocenters. The predicted octanol–water partition coefficient (Wildman–Crippen LogP) is 0.945. The Balaban J connectivity index is 3.48. The van der Waals surface area contributed by atoms with Crippen molar-refractivity contribution in [3.05, 3.63) is 23.4 Å². The normalized spacial score (nSPS) is 12.1. The Hall–Kier alpha value is -1.22. The van der Waals surface area contributed by atoms with Crippen LogP contribution in [0.25, 0.3) is 0 Å². The number of pyridine rings is 1. The predicted molar refractivity (Wildman–Crippen MR) is 40.5 cm³/mol. The molecule has 15 heavy (non-hydrogen) atoms. The standard InChI is InChI=1S/C6H4F4N2O2S/c7-3-2(5(9)10)1-12-6(4(3)8)15(11,13)14/h1,5H,(H2,11,13,14). The minimum absolute atomic E-state index is 0.225. The summed E-state index contributed by atoms with van der Waals surface area (Å²) >= 11 is 0. The van der Waals surface area contributed by atoms with Crippen LogP contribution in [0.2, 0.25) is 0 Å². The highest BCUT2D eigenvalue weighted by Crippen LogP contribution is 2.24. The zero-order valence-corrected chi connectivity index (χ0v) is 7.73. The molecule has 1 aromatic heterocycles. The summed E-state index contributed by atoms with van der Waals surface area (Å²) in [5, 5.41) is 3.07. The summed E-state index contributed by atoms with van der Waals surface area (Å²) in [6.07, 6.45) is -3.07. The van der Waals surface area contributed by atoms with Crippen molar-refractivity contribution in [2.45, 2.75) is 11.5 Å². The van der Waals surface area contributed by atoms with Gasteiger partial charge in [-0.25, -0.2) is 36.1 Å². The number of hydrogen-bond acceptors (Lipinski definition) is 3. The Morgan fingerprint density at radius 3 is 2.20 bits per heavy atom. The monoisotopic (exact) mass is 244 g/mol. The fraction of sp³-hybridized carbons (Fsp3) is 0.167. The van der Waals surface area contributed by atoms with E-state index in [1.54, 1.807) is 0 Å². The first kappa shape index (κ1) is 11.9. The Bertz CT molecular complexity index is 488. The molecule has 0 saturated carbocycles. The molecular weight excluding hydrogens is 240 g/mol. The fourth-order valence-electron chi connectivity index (χ4n) is 0.813. The maximum absolute atomic E-state index is 12.9. The van der Waals surface area contributed by atoms with Crippen LogP contribution in [0.15, 0.2) is 11.2 Å². The zero-order chi connectivity index (χ0) is 11.8. The van der Waals surface area contributed by atoms with Crippen molar-refractivity contribution in [2.24, 2.45) is 5.14 Å². The van der Waals surface area contributed by atoms with Gasteiger partial charge in [0, 0.05) is 6.20 Å². The van der Waals surface area contributed by atoms with E-state index in [0.29, 0.717) is 0 Å². The molecule has 0 bridgehead atoms. The van der Waals surface area contributed by atoms with E-state index < -0.39 is 38.7 Å². The molecule has 2 N–H and O–H groups in total. The van der Waals surface area contributed by atoms with Gasteiger partial charge >= 0.3 is 0 Å². The smallest absolute Gasteiger partial charge is 0.240 e.